The lowest BCUT2D eigenvalue weighted by Crippen LogP contribution is -2.41. The third-order valence-electron chi connectivity index (χ3n) is 3.04. The molecular weight excluding hydrogens is 290 g/mol. The van der Waals surface area contributed by atoms with E-state index >= 15 is 0 Å². The molecule has 2 N–H and O–H groups in total. The second kappa shape index (κ2) is 7.06. The highest BCUT2D eigenvalue weighted by molar-refractivity contribution is 7.98. The van der Waals surface area contributed by atoms with Crippen molar-refractivity contribution in [2.75, 3.05) is 19.1 Å². The number of carbonyl (C=O) groups is 1. The maximum atomic E-state index is 12.1. The first-order chi connectivity index (χ1) is 9.61. The molecule has 6 heteroatoms. The number of benzene rings is 1. The minimum atomic E-state index is -0.415. The van der Waals surface area contributed by atoms with E-state index in [4.69, 9.17) is 5.73 Å². The van der Waals surface area contributed by atoms with E-state index in [-0.39, 0.29) is 5.91 Å². The van der Waals surface area contributed by atoms with Crippen LogP contribution in [-0.2, 0) is 11.3 Å². The van der Waals surface area contributed by atoms with Crippen LogP contribution < -0.4 is 5.73 Å². The molecule has 0 bridgehead atoms. The van der Waals surface area contributed by atoms with Crippen molar-refractivity contribution in [3.63, 3.8) is 0 Å². The summed E-state index contributed by atoms with van der Waals surface area (Å²) in [6, 6.07) is 7.59. The molecule has 108 valence electrons. The van der Waals surface area contributed by atoms with Crippen molar-refractivity contribution in [1.29, 1.82) is 0 Å². The third kappa shape index (κ3) is 3.71. The van der Waals surface area contributed by atoms with Gasteiger partial charge in [-0.05, 0) is 30.6 Å². The van der Waals surface area contributed by atoms with Gasteiger partial charge in [0.25, 0.3) is 0 Å². The van der Waals surface area contributed by atoms with Crippen LogP contribution >= 0.6 is 23.1 Å². The molecule has 1 atom stereocenters. The summed E-state index contributed by atoms with van der Waals surface area (Å²) in [6.07, 6.45) is 2.73. The van der Waals surface area contributed by atoms with E-state index in [0.717, 1.165) is 21.0 Å². The molecule has 0 aliphatic heterocycles. The number of nitrogens with two attached hydrogens (primary N) is 1. The summed E-state index contributed by atoms with van der Waals surface area (Å²) < 4.78 is 1.15. The average Bonchev–Trinajstić information content (AvgIpc) is 2.85. The molecule has 0 aliphatic carbocycles. The number of thioether (sulfide) groups is 1. The van der Waals surface area contributed by atoms with Crippen molar-refractivity contribution in [2.45, 2.75) is 19.0 Å². The highest BCUT2D eigenvalue weighted by Gasteiger charge is 2.18. The van der Waals surface area contributed by atoms with Gasteiger partial charge in [0, 0.05) is 7.05 Å². The smallest absolute Gasteiger partial charge is 0.239 e. The Morgan fingerprint density at radius 2 is 2.25 bits per heavy atom. The van der Waals surface area contributed by atoms with Crippen LogP contribution in [0.15, 0.2) is 24.3 Å². The summed E-state index contributed by atoms with van der Waals surface area (Å²) in [5, 5.41) is 0.944. The lowest BCUT2D eigenvalue weighted by atomic mass is 10.2. The van der Waals surface area contributed by atoms with E-state index in [1.54, 1.807) is 35.0 Å². The van der Waals surface area contributed by atoms with Gasteiger partial charge in [-0.1, -0.05) is 12.1 Å². The number of fused-ring (bicyclic) bond motifs is 1. The predicted octanol–water partition coefficient (Wildman–Crippen LogP) is 2.34. The van der Waals surface area contributed by atoms with Gasteiger partial charge in [-0.3, -0.25) is 4.79 Å². The van der Waals surface area contributed by atoms with Gasteiger partial charge in [-0.15, -0.1) is 11.3 Å². The summed E-state index contributed by atoms with van der Waals surface area (Å²) in [5.74, 6) is 0.889. The van der Waals surface area contributed by atoms with E-state index in [1.165, 1.54) is 0 Å². The van der Waals surface area contributed by atoms with E-state index in [1.807, 2.05) is 30.5 Å². The number of hydrogen-bond donors (Lipinski definition) is 1. The van der Waals surface area contributed by atoms with Crippen molar-refractivity contribution >= 4 is 39.2 Å². The van der Waals surface area contributed by atoms with Gasteiger partial charge < -0.3 is 10.6 Å². The average molecular weight is 309 g/mol. The third-order valence-corrected chi connectivity index (χ3v) is 4.70. The number of nitrogens with zero attached hydrogens (tertiary/aromatic N) is 2. The largest absolute Gasteiger partial charge is 0.338 e. The fourth-order valence-corrected chi connectivity index (χ4v) is 3.43. The zero-order valence-corrected chi connectivity index (χ0v) is 13.3. The second-order valence-corrected chi connectivity index (χ2v) is 6.76. The molecule has 1 aromatic heterocycles. The van der Waals surface area contributed by atoms with Crippen molar-refractivity contribution in [2.24, 2.45) is 5.73 Å². The summed E-state index contributed by atoms with van der Waals surface area (Å²) in [4.78, 5) is 18.3. The minimum absolute atomic E-state index is 0.0155. The Morgan fingerprint density at radius 1 is 1.50 bits per heavy atom. The lowest BCUT2D eigenvalue weighted by Gasteiger charge is -2.20. The van der Waals surface area contributed by atoms with Crippen LogP contribution in [0.2, 0.25) is 0 Å². The van der Waals surface area contributed by atoms with E-state index in [2.05, 4.69) is 4.98 Å². The molecule has 4 nitrogen and oxygen atoms in total. The van der Waals surface area contributed by atoms with Crippen molar-refractivity contribution in [1.82, 2.24) is 9.88 Å². The Labute approximate surface area is 127 Å². The summed E-state index contributed by atoms with van der Waals surface area (Å²) in [6.45, 7) is 0.519. The topological polar surface area (TPSA) is 59.2 Å². The zero-order valence-electron chi connectivity index (χ0n) is 11.7. The standard InChI is InChI=1S/C14H19N3OS2/c1-17(14(18)10(15)7-8-19-2)9-13-16-11-5-3-4-6-12(11)20-13/h3-6,10H,7-9,15H2,1-2H3. The highest BCUT2D eigenvalue weighted by Crippen LogP contribution is 2.22. The Balaban J connectivity index is 1.99. The van der Waals surface area contributed by atoms with E-state index in [9.17, 15) is 4.79 Å². The van der Waals surface area contributed by atoms with E-state index in [0.29, 0.717) is 13.0 Å². The summed E-state index contributed by atoms with van der Waals surface area (Å²) in [7, 11) is 1.79. The van der Waals surface area contributed by atoms with Gasteiger partial charge in [0.2, 0.25) is 5.91 Å². The lowest BCUT2D eigenvalue weighted by molar-refractivity contribution is -0.131. The predicted molar refractivity (Wildman–Crippen MR) is 87.1 cm³/mol. The second-order valence-electron chi connectivity index (χ2n) is 4.66. The molecule has 0 radical (unpaired) electrons. The first-order valence-corrected chi connectivity index (χ1v) is 8.67. The fraction of sp³-hybridized carbons (Fsp3) is 0.429. The minimum Gasteiger partial charge on any atom is -0.338 e. The van der Waals surface area contributed by atoms with Gasteiger partial charge in [0.05, 0.1) is 22.8 Å². The van der Waals surface area contributed by atoms with Crippen LogP contribution in [0.1, 0.15) is 11.4 Å². The number of carbonyl (C=O) groups excluding carboxylic acids is 1. The van der Waals surface area contributed by atoms with Crippen molar-refractivity contribution < 1.29 is 4.79 Å². The summed E-state index contributed by atoms with van der Waals surface area (Å²) in [5.41, 5.74) is 6.90. The first kappa shape index (κ1) is 15.3. The van der Waals surface area contributed by atoms with Crippen LogP contribution in [0.5, 0.6) is 0 Å². The van der Waals surface area contributed by atoms with Crippen LogP contribution in [-0.4, -0.2) is 40.9 Å². The van der Waals surface area contributed by atoms with Gasteiger partial charge in [-0.25, -0.2) is 4.98 Å². The van der Waals surface area contributed by atoms with Crippen LogP contribution in [0.4, 0.5) is 0 Å². The molecule has 0 spiro atoms. The number of amides is 1. The maximum Gasteiger partial charge on any atom is 0.239 e. The van der Waals surface area contributed by atoms with Gasteiger partial charge >= 0.3 is 0 Å². The SMILES string of the molecule is CSCCC(N)C(=O)N(C)Cc1nc2ccccc2s1. The number of para-hydroxylation sites is 1. The molecule has 2 aromatic rings. The Kier molecular flexibility index (Phi) is 5.39. The number of likely N-dealkylation sites (N-methyl/N-ethyl adjacent to an activating group) is 1. The van der Waals surface area contributed by atoms with Crippen molar-refractivity contribution in [3.8, 4) is 0 Å². The van der Waals surface area contributed by atoms with Gasteiger partial charge in [-0.2, -0.15) is 11.8 Å². The van der Waals surface area contributed by atoms with Gasteiger partial charge in [0.1, 0.15) is 5.01 Å². The summed E-state index contributed by atoms with van der Waals surface area (Å²) >= 11 is 3.33. The molecule has 2 rings (SSSR count). The molecule has 0 fully saturated rings. The molecule has 20 heavy (non-hydrogen) atoms. The quantitative estimate of drug-likeness (QED) is 0.890. The fourth-order valence-electron chi connectivity index (χ4n) is 1.92. The Hall–Kier alpha value is -1.11. The van der Waals surface area contributed by atoms with Crippen LogP contribution in [0.25, 0.3) is 10.2 Å². The number of aromatic nitrogens is 1. The maximum absolute atomic E-state index is 12.1. The normalized spacial score (nSPS) is 12.6. The monoisotopic (exact) mass is 309 g/mol. The molecule has 1 heterocycles. The van der Waals surface area contributed by atoms with Crippen molar-refractivity contribution in [3.05, 3.63) is 29.3 Å². The number of hydrogen-bond acceptors (Lipinski definition) is 5. The molecular formula is C14H19N3OS2. The Morgan fingerprint density at radius 3 is 2.95 bits per heavy atom. The number of rotatable bonds is 6. The molecule has 1 amide bonds. The molecule has 0 saturated heterocycles. The zero-order chi connectivity index (χ0) is 14.5. The highest BCUT2D eigenvalue weighted by atomic mass is 32.2. The number of thiazole rings is 1. The van der Waals surface area contributed by atoms with E-state index < -0.39 is 6.04 Å². The molecule has 1 aromatic carbocycles. The van der Waals surface area contributed by atoms with Gasteiger partial charge in [0.15, 0.2) is 0 Å². The van der Waals surface area contributed by atoms with Crippen LogP contribution in [0.3, 0.4) is 0 Å². The molecule has 0 aliphatic rings. The molecule has 0 saturated carbocycles. The first-order valence-electron chi connectivity index (χ1n) is 6.45. The van der Waals surface area contributed by atoms with Crippen LogP contribution in [0, 0.1) is 0 Å². The molecule has 1 unspecified atom stereocenters. The Bertz CT molecular complexity index is 552.